The van der Waals surface area contributed by atoms with Gasteiger partial charge in [0.2, 0.25) is 0 Å². The van der Waals surface area contributed by atoms with Gasteiger partial charge in [-0.25, -0.2) is 9.97 Å². The van der Waals surface area contributed by atoms with E-state index in [0.29, 0.717) is 17.3 Å². The molecule has 4 heterocycles. The van der Waals surface area contributed by atoms with Crippen molar-refractivity contribution in [3.8, 4) is 28.1 Å². The number of aromatic nitrogens is 8. The highest BCUT2D eigenvalue weighted by Crippen LogP contribution is 2.29. The fourth-order valence-corrected chi connectivity index (χ4v) is 4.11. The molecule has 0 aliphatic heterocycles. The van der Waals surface area contributed by atoms with Crippen LogP contribution in [0.2, 0.25) is 5.02 Å². The van der Waals surface area contributed by atoms with Crippen LogP contribution in [0.5, 0.6) is 0 Å². The van der Waals surface area contributed by atoms with E-state index in [1.807, 2.05) is 24.3 Å². The molecular weight excluding hydrogens is 466 g/mol. The Bertz CT molecular complexity index is 1520. The summed E-state index contributed by atoms with van der Waals surface area (Å²) in [5.74, 6) is 1.35. The van der Waals surface area contributed by atoms with Crippen LogP contribution in [-0.2, 0) is 19.9 Å². The normalized spacial score (nSPS) is 11.1. The average Bonchev–Trinajstić information content (AvgIpc) is 3.55. The topological polar surface area (TPSA) is 133 Å². The number of tetrazole rings is 1. The van der Waals surface area contributed by atoms with E-state index in [9.17, 15) is 4.79 Å². The summed E-state index contributed by atoms with van der Waals surface area (Å²) in [6, 6.07) is 12.7. The van der Waals surface area contributed by atoms with Gasteiger partial charge in [-0.1, -0.05) is 11.6 Å². The number of imidazole rings is 1. The summed E-state index contributed by atoms with van der Waals surface area (Å²) < 4.78 is 3.21. The van der Waals surface area contributed by atoms with Crippen molar-refractivity contribution in [2.24, 2.45) is 7.05 Å². The van der Waals surface area contributed by atoms with Crippen LogP contribution >= 0.6 is 11.6 Å². The van der Waals surface area contributed by atoms with Gasteiger partial charge in [0.05, 0.1) is 17.6 Å². The van der Waals surface area contributed by atoms with Crippen molar-refractivity contribution in [1.82, 2.24) is 39.7 Å². The number of nitrogens with one attached hydrogen (secondary N) is 1. The second-order valence-electron chi connectivity index (χ2n) is 8.12. The monoisotopic (exact) mass is 487 g/mol. The molecule has 0 aliphatic rings. The zero-order chi connectivity index (χ0) is 24.4. The van der Waals surface area contributed by atoms with Gasteiger partial charge in [0.15, 0.2) is 0 Å². The number of nitrogens with zero attached hydrogens (tertiary/aromatic N) is 7. The van der Waals surface area contributed by atoms with Crippen molar-refractivity contribution >= 4 is 17.4 Å². The lowest BCUT2D eigenvalue weighted by Crippen LogP contribution is -2.20. The quantitative estimate of drug-likeness (QED) is 0.360. The number of benzene rings is 1. The van der Waals surface area contributed by atoms with Gasteiger partial charge in [-0.05, 0) is 65.2 Å². The number of nitrogens with two attached hydrogens (primary N) is 1. The van der Waals surface area contributed by atoms with E-state index >= 15 is 0 Å². The summed E-state index contributed by atoms with van der Waals surface area (Å²) in [7, 11) is 1.78. The third kappa shape index (κ3) is 4.82. The van der Waals surface area contributed by atoms with Crippen LogP contribution in [0.15, 0.2) is 66.0 Å². The average molecular weight is 488 g/mol. The predicted molar refractivity (Wildman–Crippen MR) is 133 cm³/mol. The number of anilines is 1. The fourth-order valence-electron chi connectivity index (χ4n) is 3.93. The van der Waals surface area contributed by atoms with Crippen LogP contribution in [0.1, 0.15) is 17.9 Å². The highest BCUT2D eigenvalue weighted by Gasteiger charge is 2.13. The number of aryl methyl sites for hydroxylation is 2. The van der Waals surface area contributed by atoms with E-state index < -0.39 is 0 Å². The largest absolute Gasteiger partial charge is 0.384 e. The molecule has 0 amide bonds. The first-order valence-corrected chi connectivity index (χ1v) is 11.3. The third-order valence-corrected chi connectivity index (χ3v) is 6.04. The first kappa shape index (κ1) is 22.5. The van der Waals surface area contributed by atoms with Crippen molar-refractivity contribution < 1.29 is 0 Å². The van der Waals surface area contributed by atoms with Crippen molar-refractivity contribution in [2.75, 3.05) is 5.73 Å². The molecular formula is C24H22ClN9O. The Morgan fingerprint density at radius 1 is 1.03 bits per heavy atom. The number of nitrogen functional groups attached to an aromatic ring is 1. The Kier molecular flexibility index (Phi) is 6.11. The number of pyridine rings is 2. The zero-order valence-corrected chi connectivity index (χ0v) is 19.6. The Labute approximate surface area is 205 Å². The molecule has 1 aromatic carbocycles. The van der Waals surface area contributed by atoms with Crippen molar-refractivity contribution in [1.29, 1.82) is 0 Å². The Morgan fingerprint density at radius 2 is 1.91 bits per heavy atom. The Hall–Kier alpha value is -4.31. The lowest BCUT2D eigenvalue weighted by Gasteiger charge is -2.13. The van der Waals surface area contributed by atoms with Crippen LogP contribution in [0.25, 0.3) is 28.1 Å². The molecule has 11 heteroatoms. The minimum atomic E-state index is -0.101. The summed E-state index contributed by atoms with van der Waals surface area (Å²) in [6.07, 6.45) is 7.24. The van der Waals surface area contributed by atoms with Crippen LogP contribution in [-0.4, -0.2) is 39.7 Å². The molecule has 0 unspecified atom stereocenters. The molecule has 0 spiro atoms. The second kappa shape index (κ2) is 9.51. The van der Waals surface area contributed by atoms with Gasteiger partial charge >= 0.3 is 0 Å². The maximum absolute atomic E-state index is 12.8. The molecule has 5 aromatic rings. The summed E-state index contributed by atoms with van der Waals surface area (Å²) in [5, 5.41) is 12.0. The summed E-state index contributed by atoms with van der Waals surface area (Å²) in [5.41, 5.74) is 10.5. The molecule has 5 rings (SSSR count). The number of H-pyrrole nitrogens is 1. The Morgan fingerprint density at radius 3 is 2.69 bits per heavy atom. The van der Waals surface area contributed by atoms with Crippen molar-refractivity contribution in [3.05, 3.63) is 88.1 Å². The molecule has 0 aliphatic carbocycles. The minimum absolute atomic E-state index is 0.101. The SMILES string of the molecule is Cn1c(CCCc2ncc(-c3ccc(N)nc3)[nH]2)cc(-c2cc(Cl)ccc2-n2cnnn2)cc1=O. The number of halogens is 1. The lowest BCUT2D eigenvalue weighted by atomic mass is 10.0. The summed E-state index contributed by atoms with van der Waals surface area (Å²) in [4.78, 5) is 24.7. The maximum Gasteiger partial charge on any atom is 0.251 e. The first-order chi connectivity index (χ1) is 17.0. The number of hydrogen-bond donors (Lipinski definition) is 2. The molecule has 0 saturated carbocycles. The standard InChI is InChI=1S/C24H22ClN9O/c1-33-18(3-2-4-23-28-13-20(30-23)15-5-8-22(26)27-12-15)9-16(10-24(33)35)19-11-17(25)6-7-21(19)34-14-29-31-32-34/h5-14H,2-4H2,1H3,(H2,26,27)(H,28,30). The lowest BCUT2D eigenvalue weighted by molar-refractivity contribution is 0.707. The van der Waals surface area contributed by atoms with Gasteiger partial charge < -0.3 is 15.3 Å². The maximum atomic E-state index is 12.8. The van der Waals surface area contributed by atoms with Crippen LogP contribution < -0.4 is 11.3 Å². The molecule has 35 heavy (non-hydrogen) atoms. The highest BCUT2D eigenvalue weighted by molar-refractivity contribution is 6.31. The molecule has 3 N–H and O–H groups in total. The molecule has 4 aromatic heterocycles. The van der Waals surface area contributed by atoms with Gasteiger partial charge in [0, 0.05) is 47.6 Å². The summed E-state index contributed by atoms with van der Waals surface area (Å²) >= 11 is 6.28. The van der Waals surface area contributed by atoms with E-state index in [1.165, 1.54) is 6.33 Å². The fraction of sp³-hybridized carbons (Fsp3) is 0.167. The van der Waals surface area contributed by atoms with E-state index in [4.69, 9.17) is 17.3 Å². The van der Waals surface area contributed by atoms with Gasteiger partial charge in [-0.15, -0.1) is 5.10 Å². The first-order valence-electron chi connectivity index (χ1n) is 11.0. The third-order valence-electron chi connectivity index (χ3n) is 5.80. The van der Waals surface area contributed by atoms with E-state index in [-0.39, 0.29) is 5.56 Å². The number of hydrogen-bond acceptors (Lipinski definition) is 7. The number of rotatable bonds is 7. The van der Waals surface area contributed by atoms with Gasteiger partial charge in [-0.2, -0.15) is 4.68 Å². The van der Waals surface area contributed by atoms with Gasteiger partial charge in [0.1, 0.15) is 18.0 Å². The smallest absolute Gasteiger partial charge is 0.251 e. The second-order valence-corrected chi connectivity index (χ2v) is 8.55. The highest BCUT2D eigenvalue weighted by atomic mass is 35.5. The van der Waals surface area contributed by atoms with Crippen LogP contribution in [0, 0.1) is 0 Å². The van der Waals surface area contributed by atoms with E-state index in [1.54, 1.807) is 46.9 Å². The van der Waals surface area contributed by atoms with Crippen LogP contribution in [0.4, 0.5) is 5.82 Å². The van der Waals surface area contributed by atoms with Crippen molar-refractivity contribution in [2.45, 2.75) is 19.3 Å². The van der Waals surface area contributed by atoms with Gasteiger partial charge in [0.25, 0.3) is 5.56 Å². The van der Waals surface area contributed by atoms with E-state index in [0.717, 1.165) is 52.4 Å². The van der Waals surface area contributed by atoms with Crippen LogP contribution in [0.3, 0.4) is 0 Å². The van der Waals surface area contributed by atoms with Crippen molar-refractivity contribution in [3.63, 3.8) is 0 Å². The molecule has 10 nitrogen and oxygen atoms in total. The number of aromatic amines is 1. The predicted octanol–water partition coefficient (Wildman–Crippen LogP) is 3.22. The molecule has 0 fully saturated rings. The zero-order valence-electron chi connectivity index (χ0n) is 18.9. The molecule has 176 valence electrons. The molecule has 0 bridgehead atoms. The van der Waals surface area contributed by atoms with Gasteiger partial charge in [-0.3, -0.25) is 4.79 Å². The summed E-state index contributed by atoms with van der Waals surface area (Å²) in [6.45, 7) is 0. The molecule has 0 saturated heterocycles. The molecule has 0 radical (unpaired) electrons. The van der Waals surface area contributed by atoms with E-state index in [2.05, 4.69) is 30.5 Å². The molecule has 0 atom stereocenters. The Balaban J connectivity index is 1.36. The minimum Gasteiger partial charge on any atom is -0.384 e.